The lowest BCUT2D eigenvalue weighted by molar-refractivity contribution is 0.0976. The average molecular weight is 571 g/mol. The Bertz CT molecular complexity index is 1340. The minimum Gasteiger partial charge on any atom is -0.493 e. The number of methoxy groups -OCH3 is 2. The first-order valence-corrected chi connectivity index (χ1v) is 14.6. The van der Waals surface area contributed by atoms with Crippen molar-refractivity contribution in [3.8, 4) is 23.0 Å². The van der Waals surface area contributed by atoms with Gasteiger partial charge in [0.1, 0.15) is 0 Å². The maximum absolute atomic E-state index is 12.4. The zero-order valence-electron chi connectivity index (χ0n) is 22.2. The molecule has 4 rings (SSSR count). The van der Waals surface area contributed by atoms with Crippen molar-refractivity contribution in [1.29, 1.82) is 0 Å². The van der Waals surface area contributed by atoms with Crippen molar-refractivity contribution in [1.82, 2.24) is 0 Å². The van der Waals surface area contributed by atoms with Gasteiger partial charge in [0.05, 0.1) is 37.2 Å². The van der Waals surface area contributed by atoms with E-state index in [1.54, 1.807) is 14.2 Å². The van der Waals surface area contributed by atoms with Gasteiger partial charge in [-0.3, -0.25) is 9.59 Å². The normalized spacial score (nSPS) is 11.2. The van der Waals surface area contributed by atoms with Gasteiger partial charge >= 0.3 is 0 Å². The highest BCUT2D eigenvalue weighted by molar-refractivity contribution is 7.21. The number of hydrogen-bond acceptors (Lipinski definition) is 10. The highest BCUT2D eigenvalue weighted by Crippen LogP contribution is 2.38. The molecule has 0 spiro atoms. The lowest BCUT2D eigenvalue weighted by Gasteiger charge is -2.13. The van der Waals surface area contributed by atoms with Gasteiger partial charge in [-0.2, -0.15) is 0 Å². The Morgan fingerprint density at radius 1 is 0.641 bits per heavy atom. The van der Waals surface area contributed by atoms with Crippen LogP contribution in [0.25, 0.3) is 20.2 Å². The molecule has 0 saturated heterocycles. The summed E-state index contributed by atoms with van der Waals surface area (Å²) >= 11 is 2.91. The number of carbonyl (C=O) groups is 2. The predicted octanol–water partition coefficient (Wildman–Crippen LogP) is 5.82. The second kappa shape index (κ2) is 13.7. The number of thiophene rings is 2. The third kappa shape index (κ3) is 7.07. The van der Waals surface area contributed by atoms with Crippen LogP contribution in [-0.2, 0) is 0 Å². The molecule has 0 fully saturated rings. The first-order valence-electron chi connectivity index (χ1n) is 12.9. The molecular formula is C29H34N2O6S2. The molecule has 0 unspecified atom stereocenters. The number of Topliss-reactive ketones (excluding diaryl/α,β-unsaturated/α-hetero) is 2. The number of rotatable bonds is 16. The van der Waals surface area contributed by atoms with E-state index in [1.807, 2.05) is 36.4 Å². The van der Waals surface area contributed by atoms with Crippen molar-refractivity contribution in [3.63, 3.8) is 0 Å². The lowest BCUT2D eigenvalue weighted by Crippen LogP contribution is -2.06. The quantitative estimate of drug-likeness (QED) is 0.128. The van der Waals surface area contributed by atoms with E-state index in [0.717, 1.165) is 29.9 Å². The number of nitrogens with two attached hydrogens (primary N) is 2. The monoisotopic (exact) mass is 570 g/mol. The molecular weight excluding hydrogens is 536 g/mol. The van der Waals surface area contributed by atoms with Gasteiger partial charge in [0, 0.05) is 40.8 Å². The van der Waals surface area contributed by atoms with Gasteiger partial charge in [0.15, 0.2) is 34.6 Å². The van der Waals surface area contributed by atoms with E-state index in [9.17, 15) is 9.59 Å². The van der Waals surface area contributed by atoms with Crippen LogP contribution < -0.4 is 30.4 Å². The topological polar surface area (TPSA) is 123 Å². The van der Waals surface area contributed by atoms with Crippen LogP contribution in [0.4, 0.5) is 0 Å². The fourth-order valence-electron chi connectivity index (χ4n) is 4.11. The molecule has 0 aliphatic carbocycles. The van der Waals surface area contributed by atoms with E-state index in [1.165, 1.54) is 22.7 Å². The minimum atomic E-state index is 0.103. The smallest absolute Gasteiger partial charge is 0.172 e. The number of carbonyl (C=O) groups excluding carboxylic acids is 2. The molecule has 8 nitrogen and oxygen atoms in total. The first-order chi connectivity index (χ1) is 19.0. The summed E-state index contributed by atoms with van der Waals surface area (Å²) in [5.41, 5.74) is 11.1. The van der Waals surface area contributed by atoms with Crippen LogP contribution >= 0.6 is 22.7 Å². The van der Waals surface area contributed by atoms with Gasteiger partial charge in [-0.15, -0.1) is 22.7 Å². The standard InChI is InChI=1S/C29H34N2O6S2/c1-34-22-16-26-18(14-28(38-26)20(32)6-3-8-30)12-24(22)36-10-5-11-37-25-13-19-15-29(21(33)7-4-9-31)39-27(19)17-23(25)35-2/h12-17H,3-11,30-31H2,1-2H3. The molecule has 0 saturated carbocycles. The number of benzene rings is 2. The molecule has 39 heavy (non-hydrogen) atoms. The van der Waals surface area contributed by atoms with Gasteiger partial charge in [-0.1, -0.05) is 0 Å². The van der Waals surface area contributed by atoms with Crippen LogP contribution in [0.5, 0.6) is 23.0 Å². The fourth-order valence-corrected chi connectivity index (χ4v) is 6.19. The highest BCUT2D eigenvalue weighted by Gasteiger charge is 2.16. The number of hydrogen-bond donors (Lipinski definition) is 2. The Kier molecular flexibility index (Phi) is 10.2. The maximum Gasteiger partial charge on any atom is 0.172 e. The van der Waals surface area contributed by atoms with Crippen LogP contribution in [0.15, 0.2) is 36.4 Å². The number of fused-ring (bicyclic) bond motifs is 2. The maximum atomic E-state index is 12.4. The van der Waals surface area contributed by atoms with Crippen LogP contribution in [0.2, 0.25) is 0 Å². The van der Waals surface area contributed by atoms with E-state index in [-0.39, 0.29) is 11.6 Å². The third-order valence-electron chi connectivity index (χ3n) is 6.17. The molecule has 0 bridgehead atoms. The Balaban J connectivity index is 1.37. The molecule has 0 aliphatic rings. The van der Waals surface area contributed by atoms with E-state index < -0.39 is 0 Å². The molecule has 10 heteroatoms. The Hall–Kier alpha value is -3.18. The Labute approximate surface area is 235 Å². The average Bonchev–Trinajstić information content (AvgIpc) is 3.56. The predicted molar refractivity (Wildman–Crippen MR) is 158 cm³/mol. The van der Waals surface area contributed by atoms with E-state index in [4.69, 9.17) is 30.4 Å². The second-order valence-corrected chi connectivity index (χ2v) is 11.2. The van der Waals surface area contributed by atoms with E-state index in [0.29, 0.717) is 81.4 Å². The summed E-state index contributed by atoms with van der Waals surface area (Å²) in [6, 6.07) is 11.4. The Morgan fingerprint density at radius 2 is 1.08 bits per heavy atom. The molecule has 2 aromatic heterocycles. The number of ketones is 2. The summed E-state index contributed by atoms with van der Waals surface area (Å²) in [6.45, 7) is 1.83. The SMILES string of the molecule is COc1cc2sc(C(=O)CCCN)cc2cc1OCCCOc1cc2cc(C(=O)CCCN)sc2cc1OC. The molecule has 2 aromatic carbocycles. The zero-order valence-corrected chi connectivity index (χ0v) is 23.9. The summed E-state index contributed by atoms with van der Waals surface area (Å²) < 4.78 is 25.0. The van der Waals surface area contributed by atoms with Crippen molar-refractivity contribution < 1.29 is 28.5 Å². The molecule has 4 aromatic rings. The lowest BCUT2D eigenvalue weighted by atomic mass is 10.1. The molecule has 2 heterocycles. The fraction of sp³-hybridized carbons (Fsp3) is 0.379. The first kappa shape index (κ1) is 28.8. The van der Waals surface area contributed by atoms with Crippen molar-refractivity contribution >= 4 is 54.4 Å². The molecule has 208 valence electrons. The van der Waals surface area contributed by atoms with Crippen molar-refractivity contribution in [2.45, 2.75) is 32.1 Å². The van der Waals surface area contributed by atoms with E-state index in [2.05, 4.69) is 0 Å². The second-order valence-electron chi connectivity index (χ2n) is 8.98. The molecule has 4 N–H and O–H groups in total. The van der Waals surface area contributed by atoms with Crippen LogP contribution in [0, 0.1) is 0 Å². The third-order valence-corrected chi connectivity index (χ3v) is 8.45. The summed E-state index contributed by atoms with van der Waals surface area (Å²) in [6.07, 6.45) is 2.87. The minimum absolute atomic E-state index is 0.103. The van der Waals surface area contributed by atoms with E-state index >= 15 is 0 Å². The molecule has 0 atom stereocenters. The summed E-state index contributed by atoms with van der Waals surface area (Å²) in [4.78, 5) is 26.3. The molecule has 0 amide bonds. The highest BCUT2D eigenvalue weighted by atomic mass is 32.1. The van der Waals surface area contributed by atoms with Gasteiger partial charge in [0.2, 0.25) is 0 Å². The van der Waals surface area contributed by atoms with Crippen molar-refractivity contribution in [2.75, 3.05) is 40.5 Å². The van der Waals surface area contributed by atoms with Crippen LogP contribution in [0.1, 0.15) is 51.4 Å². The summed E-state index contributed by atoms with van der Waals surface area (Å²) in [7, 11) is 3.20. The van der Waals surface area contributed by atoms with Gasteiger partial charge in [0.25, 0.3) is 0 Å². The molecule has 0 radical (unpaired) electrons. The van der Waals surface area contributed by atoms with Crippen molar-refractivity contribution in [3.05, 3.63) is 46.2 Å². The van der Waals surface area contributed by atoms with Crippen molar-refractivity contribution in [2.24, 2.45) is 11.5 Å². The van der Waals surface area contributed by atoms with Gasteiger partial charge in [-0.05, 0) is 61.0 Å². The Morgan fingerprint density at radius 3 is 1.46 bits per heavy atom. The number of ether oxygens (including phenoxy) is 4. The van der Waals surface area contributed by atoms with Crippen LogP contribution in [-0.4, -0.2) is 52.1 Å². The summed E-state index contributed by atoms with van der Waals surface area (Å²) in [5.74, 6) is 2.68. The zero-order chi connectivity index (χ0) is 27.8. The van der Waals surface area contributed by atoms with Crippen LogP contribution in [0.3, 0.4) is 0 Å². The van der Waals surface area contributed by atoms with Gasteiger partial charge in [-0.25, -0.2) is 0 Å². The summed E-state index contributed by atoms with van der Waals surface area (Å²) in [5, 5.41) is 1.88. The largest absolute Gasteiger partial charge is 0.493 e. The van der Waals surface area contributed by atoms with Gasteiger partial charge < -0.3 is 30.4 Å². The molecule has 0 aliphatic heterocycles.